The summed E-state index contributed by atoms with van der Waals surface area (Å²) in [5.41, 5.74) is 4.69. The Balaban J connectivity index is 1.27. The molecule has 5 aromatic heterocycles. The number of piperidine rings is 1. The van der Waals surface area contributed by atoms with E-state index >= 15 is 0 Å². The van der Waals surface area contributed by atoms with Gasteiger partial charge in [0.2, 0.25) is 0 Å². The summed E-state index contributed by atoms with van der Waals surface area (Å²) in [5, 5.41) is 12.8. The normalized spacial score (nSPS) is 18.2. The van der Waals surface area contributed by atoms with Crippen molar-refractivity contribution in [1.29, 1.82) is 0 Å². The molecule has 9 nitrogen and oxygen atoms in total. The van der Waals surface area contributed by atoms with Crippen LogP contribution >= 0.6 is 0 Å². The lowest BCUT2D eigenvalue weighted by Gasteiger charge is -2.32. The van der Waals surface area contributed by atoms with E-state index in [4.69, 9.17) is 4.98 Å². The molecule has 7 rings (SSSR count). The maximum absolute atomic E-state index is 13.7. The highest BCUT2D eigenvalue weighted by Gasteiger charge is 2.35. The quantitative estimate of drug-likeness (QED) is 0.413. The second-order valence-electron chi connectivity index (χ2n) is 9.09. The van der Waals surface area contributed by atoms with Crippen LogP contribution in [0.25, 0.3) is 44.7 Å². The lowest BCUT2D eigenvalue weighted by Crippen LogP contribution is -2.39. The highest BCUT2D eigenvalue weighted by atomic mass is 19.3. The SMILES string of the molecule is FC1(F)CCN(c2nccc3[nH]c(-c4n[nH]c5ncc(-c6cnn(C7CC7)c6)cc45)nc23)CC1. The third kappa shape index (κ3) is 3.22. The summed E-state index contributed by atoms with van der Waals surface area (Å²) in [4.78, 5) is 19.0. The van der Waals surface area contributed by atoms with Crippen LogP contribution < -0.4 is 4.90 Å². The number of rotatable bonds is 4. The average molecular weight is 461 g/mol. The Morgan fingerprint density at radius 2 is 1.91 bits per heavy atom. The van der Waals surface area contributed by atoms with Gasteiger partial charge < -0.3 is 9.88 Å². The number of nitrogens with one attached hydrogen (secondary N) is 2. The van der Waals surface area contributed by atoms with Crippen LogP contribution in [0.15, 0.2) is 36.9 Å². The second-order valence-corrected chi connectivity index (χ2v) is 9.09. The molecule has 1 saturated carbocycles. The van der Waals surface area contributed by atoms with Gasteiger partial charge in [0.25, 0.3) is 5.92 Å². The molecule has 0 spiro atoms. The maximum atomic E-state index is 13.7. The number of halogens is 2. The fourth-order valence-electron chi connectivity index (χ4n) is 4.58. The molecular formula is C23H21F2N9. The van der Waals surface area contributed by atoms with E-state index in [0.29, 0.717) is 34.5 Å². The summed E-state index contributed by atoms with van der Waals surface area (Å²) >= 11 is 0. The van der Waals surface area contributed by atoms with Gasteiger partial charge in [-0.05, 0) is 25.0 Å². The number of anilines is 1. The van der Waals surface area contributed by atoms with Gasteiger partial charge >= 0.3 is 0 Å². The van der Waals surface area contributed by atoms with Crippen LogP contribution in [0.3, 0.4) is 0 Å². The standard InChI is InChI=1S/C23H21F2N9/c24-23(25)4-7-33(8-5-23)22-19-17(3-6-26-22)29-21(30-19)18-16-9-13(10-27-20(16)32-31-18)14-11-28-34(12-14)15-1-2-15/h3,6,9-12,15H,1-2,4-5,7-8H2,(H,29,30)(H,27,31,32). The average Bonchev–Trinajstić information content (AvgIpc) is 3.22. The van der Waals surface area contributed by atoms with Crippen molar-refractivity contribution in [3.05, 3.63) is 36.9 Å². The maximum Gasteiger partial charge on any atom is 0.251 e. The zero-order valence-electron chi connectivity index (χ0n) is 18.2. The van der Waals surface area contributed by atoms with Crippen LogP contribution in [-0.2, 0) is 0 Å². The summed E-state index contributed by atoms with van der Waals surface area (Å²) in [6, 6.07) is 4.38. The number of fused-ring (bicyclic) bond motifs is 2. The molecule has 1 aliphatic carbocycles. The van der Waals surface area contributed by atoms with Crippen molar-refractivity contribution in [2.75, 3.05) is 18.0 Å². The van der Waals surface area contributed by atoms with Gasteiger partial charge in [0, 0.05) is 55.6 Å². The molecular weight excluding hydrogens is 440 g/mol. The van der Waals surface area contributed by atoms with Crippen molar-refractivity contribution in [3.8, 4) is 22.6 Å². The molecule has 1 aliphatic heterocycles. The van der Waals surface area contributed by atoms with E-state index in [1.54, 1.807) is 6.20 Å². The molecule has 0 unspecified atom stereocenters. The summed E-state index contributed by atoms with van der Waals surface area (Å²) in [5.74, 6) is -1.43. The first-order valence-electron chi connectivity index (χ1n) is 11.4. The molecule has 0 radical (unpaired) electrons. The minimum Gasteiger partial charge on any atom is -0.354 e. The molecule has 0 bridgehead atoms. The van der Waals surface area contributed by atoms with Crippen LogP contribution in [0.5, 0.6) is 0 Å². The highest BCUT2D eigenvalue weighted by Crippen LogP contribution is 2.36. The highest BCUT2D eigenvalue weighted by molar-refractivity contribution is 5.95. The lowest BCUT2D eigenvalue weighted by molar-refractivity contribution is -0.0221. The zero-order valence-corrected chi connectivity index (χ0v) is 18.2. The lowest BCUT2D eigenvalue weighted by atomic mass is 10.1. The Bertz CT molecular complexity index is 1520. The van der Waals surface area contributed by atoms with Crippen LogP contribution in [0.1, 0.15) is 31.7 Å². The first-order chi connectivity index (χ1) is 16.5. The van der Waals surface area contributed by atoms with Gasteiger partial charge in [-0.1, -0.05) is 0 Å². The molecule has 2 fully saturated rings. The number of imidazole rings is 1. The van der Waals surface area contributed by atoms with Crippen molar-refractivity contribution < 1.29 is 8.78 Å². The molecule has 0 atom stereocenters. The van der Waals surface area contributed by atoms with E-state index in [1.165, 1.54) is 12.8 Å². The number of aromatic nitrogens is 8. The minimum absolute atomic E-state index is 0.182. The van der Waals surface area contributed by atoms with Crippen LogP contribution in [0.2, 0.25) is 0 Å². The number of hydrogen-bond acceptors (Lipinski definition) is 6. The molecule has 2 N–H and O–H groups in total. The molecule has 172 valence electrons. The summed E-state index contributed by atoms with van der Waals surface area (Å²) in [6.07, 6.45) is 9.39. The summed E-state index contributed by atoms with van der Waals surface area (Å²) in [7, 11) is 0. The number of hydrogen-bond donors (Lipinski definition) is 2. The molecule has 0 aromatic carbocycles. The number of nitrogens with zero attached hydrogens (tertiary/aromatic N) is 7. The van der Waals surface area contributed by atoms with Gasteiger partial charge in [0.1, 0.15) is 11.2 Å². The predicted molar refractivity (Wildman–Crippen MR) is 123 cm³/mol. The number of H-pyrrole nitrogens is 2. The zero-order chi connectivity index (χ0) is 22.9. The van der Waals surface area contributed by atoms with E-state index in [-0.39, 0.29) is 25.9 Å². The van der Waals surface area contributed by atoms with Gasteiger partial charge in [0.15, 0.2) is 17.3 Å². The summed E-state index contributed by atoms with van der Waals surface area (Å²) in [6.45, 7) is 0.489. The van der Waals surface area contributed by atoms with Gasteiger partial charge in [-0.15, -0.1) is 0 Å². The van der Waals surface area contributed by atoms with Crippen molar-refractivity contribution >= 4 is 27.9 Å². The number of alkyl halides is 2. The first-order valence-corrected chi connectivity index (χ1v) is 11.4. The van der Waals surface area contributed by atoms with Gasteiger partial charge in [-0.25, -0.2) is 23.7 Å². The molecule has 34 heavy (non-hydrogen) atoms. The van der Waals surface area contributed by atoms with E-state index < -0.39 is 5.92 Å². The molecule has 6 heterocycles. The third-order valence-corrected chi connectivity index (χ3v) is 6.67. The first kappa shape index (κ1) is 19.6. The minimum atomic E-state index is -2.62. The van der Waals surface area contributed by atoms with Gasteiger partial charge in [-0.3, -0.25) is 9.78 Å². The van der Waals surface area contributed by atoms with Crippen LogP contribution in [-0.4, -0.2) is 58.9 Å². The fourth-order valence-corrected chi connectivity index (χ4v) is 4.58. The van der Waals surface area contributed by atoms with Crippen molar-refractivity contribution in [2.45, 2.75) is 37.6 Å². The smallest absolute Gasteiger partial charge is 0.251 e. The molecule has 1 saturated heterocycles. The fraction of sp³-hybridized carbons (Fsp3) is 0.348. The molecule has 2 aliphatic rings. The van der Waals surface area contributed by atoms with E-state index in [9.17, 15) is 8.78 Å². The van der Waals surface area contributed by atoms with Crippen LogP contribution in [0.4, 0.5) is 14.6 Å². The van der Waals surface area contributed by atoms with Crippen LogP contribution in [0, 0.1) is 0 Å². The number of pyridine rings is 2. The van der Waals surface area contributed by atoms with Crippen molar-refractivity contribution in [3.63, 3.8) is 0 Å². The third-order valence-electron chi connectivity index (χ3n) is 6.67. The largest absolute Gasteiger partial charge is 0.354 e. The van der Waals surface area contributed by atoms with E-state index in [1.807, 2.05) is 34.1 Å². The second kappa shape index (κ2) is 7.05. The van der Waals surface area contributed by atoms with E-state index in [2.05, 4.69) is 36.4 Å². The molecule has 5 aromatic rings. The summed E-state index contributed by atoms with van der Waals surface area (Å²) < 4.78 is 29.3. The molecule has 0 amide bonds. The molecule has 11 heteroatoms. The Labute approximate surface area is 192 Å². The predicted octanol–water partition coefficient (Wildman–Crippen LogP) is 4.33. The Hall–Kier alpha value is -3.89. The Morgan fingerprint density at radius 3 is 2.74 bits per heavy atom. The van der Waals surface area contributed by atoms with E-state index in [0.717, 1.165) is 22.0 Å². The van der Waals surface area contributed by atoms with Gasteiger partial charge in [0.05, 0.1) is 23.1 Å². The Kier molecular flexibility index (Phi) is 4.06. The van der Waals surface area contributed by atoms with Crippen molar-refractivity contribution in [1.82, 2.24) is 39.9 Å². The van der Waals surface area contributed by atoms with Gasteiger partial charge in [-0.2, -0.15) is 10.2 Å². The topological polar surface area (TPSA) is 104 Å². The Morgan fingerprint density at radius 1 is 1.06 bits per heavy atom. The van der Waals surface area contributed by atoms with Crippen molar-refractivity contribution in [2.24, 2.45) is 0 Å². The number of aromatic amines is 2. The monoisotopic (exact) mass is 461 g/mol.